The van der Waals surface area contributed by atoms with E-state index < -0.39 is 22.9 Å². The Kier molecular flexibility index (Phi) is 5.20. The minimum absolute atomic E-state index is 0.478. The second-order valence-electron chi connectivity index (χ2n) is 5.31. The van der Waals surface area contributed by atoms with Crippen LogP contribution in [0.5, 0.6) is 0 Å². The van der Waals surface area contributed by atoms with Crippen molar-refractivity contribution in [1.29, 1.82) is 0 Å². The molecule has 0 saturated heterocycles. The van der Waals surface area contributed by atoms with Crippen molar-refractivity contribution in [2.24, 2.45) is 11.3 Å². The molecule has 0 bridgehead atoms. The number of rotatable bonds is 6. The summed E-state index contributed by atoms with van der Waals surface area (Å²) < 4.78 is 0. The predicted octanol–water partition coefficient (Wildman–Crippen LogP) is 2.84. The summed E-state index contributed by atoms with van der Waals surface area (Å²) >= 11 is 0. The standard InChI is InChI=1S/C13H24O3/c1-6-8-9-10(11(14)15)13(16,7-2)12(3,4)5/h7,10,16H,2,6,8-9H2,1,3-5H3,(H,14,15). The fourth-order valence-electron chi connectivity index (χ4n) is 1.91. The Bertz CT molecular complexity index is 252. The maximum absolute atomic E-state index is 11.2. The predicted molar refractivity (Wildman–Crippen MR) is 65.3 cm³/mol. The van der Waals surface area contributed by atoms with E-state index in [4.69, 9.17) is 0 Å². The molecule has 0 aliphatic carbocycles. The second-order valence-corrected chi connectivity index (χ2v) is 5.31. The number of carboxylic acid groups (broad SMARTS) is 1. The molecule has 0 radical (unpaired) electrons. The molecular formula is C13H24O3. The zero-order chi connectivity index (χ0) is 13.0. The molecule has 2 unspecified atom stereocenters. The third kappa shape index (κ3) is 3.08. The zero-order valence-electron chi connectivity index (χ0n) is 10.8. The summed E-state index contributed by atoms with van der Waals surface area (Å²) in [5.41, 5.74) is -1.90. The summed E-state index contributed by atoms with van der Waals surface area (Å²) in [7, 11) is 0. The van der Waals surface area contributed by atoms with E-state index in [2.05, 4.69) is 6.58 Å². The Hall–Kier alpha value is -0.830. The van der Waals surface area contributed by atoms with Gasteiger partial charge in [-0.05, 0) is 11.8 Å². The third-order valence-electron chi connectivity index (χ3n) is 3.19. The average Bonchev–Trinajstić information content (AvgIpc) is 2.15. The van der Waals surface area contributed by atoms with Gasteiger partial charge in [0.1, 0.15) is 5.60 Å². The molecule has 0 aromatic carbocycles. The molecule has 0 rings (SSSR count). The Morgan fingerprint density at radius 3 is 2.19 bits per heavy atom. The van der Waals surface area contributed by atoms with Gasteiger partial charge in [-0.15, -0.1) is 6.58 Å². The molecule has 0 fully saturated rings. The summed E-state index contributed by atoms with van der Waals surface area (Å²) in [6.07, 6.45) is 3.57. The van der Waals surface area contributed by atoms with Gasteiger partial charge in [-0.2, -0.15) is 0 Å². The van der Waals surface area contributed by atoms with Gasteiger partial charge in [-0.3, -0.25) is 4.79 Å². The molecule has 0 heterocycles. The van der Waals surface area contributed by atoms with Gasteiger partial charge in [0.2, 0.25) is 0 Å². The van der Waals surface area contributed by atoms with E-state index >= 15 is 0 Å². The van der Waals surface area contributed by atoms with Crippen molar-refractivity contribution in [3.63, 3.8) is 0 Å². The van der Waals surface area contributed by atoms with Crippen LogP contribution >= 0.6 is 0 Å². The smallest absolute Gasteiger partial charge is 0.309 e. The minimum Gasteiger partial charge on any atom is -0.481 e. The number of unbranched alkanes of at least 4 members (excludes halogenated alkanes) is 1. The Morgan fingerprint density at radius 1 is 1.44 bits per heavy atom. The van der Waals surface area contributed by atoms with Crippen LogP contribution in [0.2, 0.25) is 0 Å². The van der Waals surface area contributed by atoms with Crippen LogP contribution in [0.3, 0.4) is 0 Å². The molecule has 0 aliphatic rings. The molecule has 94 valence electrons. The Balaban J connectivity index is 5.13. The van der Waals surface area contributed by atoms with Crippen molar-refractivity contribution in [2.75, 3.05) is 0 Å². The summed E-state index contributed by atoms with van der Waals surface area (Å²) in [6.45, 7) is 11.1. The maximum atomic E-state index is 11.2. The minimum atomic E-state index is -1.37. The molecule has 0 aromatic rings. The fourth-order valence-corrected chi connectivity index (χ4v) is 1.91. The number of aliphatic carboxylic acids is 1. The van der Waals surface area contributed by atoms with Crippen molar-refractivity contribution >= 4 is 5.97 Å². The van der Waals surface area contributed by atoms with Gasteiger partial charge >= 0.3 is 5.97 Å². The first-order chi connectivity index (χ1) is 7.20. The number of carbonyl (C=O) groups is 1. The number of hydrogen-bond acceptors (Lipinski definition) is 2. The van der Waals surface area contributed by atoms with E-state index in [0.29, 0.717) is 6.42 Å². The summed E-state index contributed by atoms with van der Waals surface area (Å²) in [5, 5.41) is 19.7. The number of hydrogen-bond donors (Lipinski definition) is 2. The topological polar surface area (TPSA) is 57.5 Å². The highest BCUT2D eigenvalue weighted by atomic mass is 16.4. The molecule has 2 atom stereocenters. The molecule has 0 amide bonds. The summed E-state index contributed by atoms with van der Waals surface area (Å²) in [5.74, 6) is -1.74. The largest absolute Gasteiger partial charge is 0.481 e. The number of aliphatic hydroxyl groups is 1. The van der Waals surface area contributed by atoms with E-state index in [9.17, 15) is 15.0 Å². The zero-order valence-corrected chi connectivity index (χ0v) is 10.8. The van der Waals surface area contributed by atoms with Gasteiger partial charge in [0.25, 0.3) is 0 Å². The third-order valence-corrected chi connectivity index (χ3v) is 3.19. The fraction of sp³-hybridized carbons (Fsp3) is 0.769. The first-order valence-electron chi connectivity index (χ1n) is 5.79. The molecule has 3 heteroatoms. The monoisotopic (exact) mass is 228 g/mol. The second kappa shape index (κ2) is 5.48. The van der Waals surface area contributed by atoms with Crippen molar-refractivity contribution < 1.29 is 15.0 Å². The SMILES string of the molecule is C=CC(O)(C(CCCC)C(=O)O)C(C)(C)C. The molecule has 16 heavy (non-hydrogen) atoms. The van der Waals surface area contributed by atoms with Crippen LogP contribution in [-0.2, 0) is 4.79 Å². The molecule has 3 nitrogen and oxygen atoms in total. The van der Waals surface area contributed by atoms with Crippen LogP contribution in [0.25, 0.3) is 0 Å². The van der Waals surface area contributed by atoms with Gasteiger partial charge in [-0.1, -0.05) is 46.6 Å². The quantitative estimate of drug-likeness (QED) is 0.687. The molecule has 0 aromatic heterocycles. The Labute approximate surface area is 98.2 Å². The molecule has 2 N–H and O–H groups in total. The van der Waals surface area contributed by atoms with Crippen LogP contribution in [0, 0.1) is 11.3 Å². The van der Waals surface area contributed by atoms with Crippen LogP contribution < -0.4 is 0 Å². The van der Waals surface area contributed by atoms with Gasteiger partial charge in [0.15, 0.2) is 0 Å². The molecule has 0 saturated carbocycles. The van der Waals surface area contributed by atoms with E-state index in [1.165, 1.54) is 6.08 Å². The average molecular weight is 228 g/mol. The molecule has 0 spiro atoms. The number of carboxylic acids is 1. The first-order valence-corrected chi connectivity index (χ1v) is 5.79. The van der Waals surface area contributed by atoms with Crippen molar-refractivity contribution in [1.82, 2.24) is 0 Å². The first kappa shape index (κ1) is 15.2. The van der Waals surface area contributed by atoms with Crippen LogP contribution in [0.4, 0.5) is 0 Å². The van der Waals surface area contributed by atoms with Crippen LogP contribution in [0.15, 0.2) is 12.7 Å². The van der Waals surface area contributed by atoms with Crippen molar-refractivity contribution in [2.45, 2.75) is 52.6 Å². The van der Waals surface area contributed by atoms with Crippen LogP contribution in [0.1, 0.15) is 47.0 Å². The lowest BCUT2D eigenvalue weighted by atomic mass is 9.67. The van der Waals surface area contributed by atoms with E-state index in [-0.39, 0.29) is 0 Å². The summed E-state index contributed by atoms with van der Waals surface area (Å²) in [4.78, 5) is 11.2. The van der Waals surface area contributed by atoms with E-state index in [1.807, 2.05) is 27.7 Å². The molecule has 0 aliphatic heterocycles. The van der Waals surface area contributed by atoms with E-state index in [1.54, 1.807) is 0 Å². The van der Waals surface area contributed by atoms with Gasteiger partial charge in [0.05, 0.1) is 5.92 Å². The van der Waals surface area contributed by atoms with Gasteiger partial charge < -0.3 is 10.2 Å². The molecular weight excluding hydrogens is 204 g/mol. The highest BCUT2D eigenvalue weighted by Gasteiger charge is 2.47. The lowest BCUT2D eigenvalue weighted by molar-refractivity contribution is -0.157. The lowest BCUT2D eigenvalue weighted by Gasteiger charge is -2.42. The van der Waals surface area contributed by atoms with Crippen molar-refractivity contribution in [3.05, 3.63) is 12.7 Å². The highest BCUT2D eigenvalue weighted by molar-refractivity contribution is 5.72. The summed E-state index contributed by atoms with van der Waals surface area (Å²) in [6, 6.07) is 0. The van der Waals surface area contributed by atoms with Crippen molar-refractivity contribution in [3.8, 4) is 0 Å². The Morgan fingerprint density at radius 2 is 1.94 bits per heavy atom. The maximum Gasteiger partial charge on any atom is 0.309 e. The van der Waals surface area contributed by atoms with E-state index in [0.717, 1.165) is 12.8 Å². The van der Waals surface area contributed by atoms with Crippen LogP contribution in [-0.4, -0.2) is 21.8 Å². The van der Waals surface area contributed by atoms with Gasteiger partial charge in [-0.25, -0.2) is 0 Å². The normalized spacial score (nSPS) is 17.6. The highest BCUT2D eigenvalue weighted by Crippen LogP contribution is 2.39. The lowest BCUT2D eigenvalue weighted by Crippen LogP contribution is -2.50. The van der Waals surface area contributed by atoms with Gasteiger partial charge in [0, 0.05) is 0 Å².